The van der Waals surface area contributed by atoms with Crippen LogP contribution in [-0.4, -0.2) is 52.6 Å². The van der Waals surface area contributed by atoms with Gasteiger partial charge >= 0.3 is 0 Å². The lowest BCUT2D eigenvalue weighted by Gasteiger charge is -2.27. The standard InChI is InChI=1S/C23H30N2O3S/c26-14-19-23(29-15-24-19)22(28)20-8-4-12-25(20)21(27)9-3-5-16-10-11-17-6-1-2-7-18(17)13-16/h1-2,6-7,14,16,19-20,23-24H,3-5,8-13,15H2/t16-,19-,20+,23?/m1/s1. The molecule has 0 aromatic heterocycles. The zero-order valence-electron chi connectivity index (χ0n) is 16.8. The molecule has 1 unspecified atom stereocenters. The Hall–Kier alpha value is -1.66. The molecule has 2 saturated heterocycles. The van der Waals surface area contributed by atoms with Crippen LogP contribution in [0.1, 0.15) is 49.7 Å². The third kappa shape index (κ3) is 4.58. The number of Topliss-reactive ketones (excluding diaryl/α,β-unsaturated/α-hetero) is 1. The summed E-state index contributed by atoms with van der Waals surface area (Å²) in [5, 5.41) is 2.70. The third-order valence-electron chi connectivity index (χ3n) is 6.69. The molecule has 0 spiro atoms. The highest BCUT2D eigenvalue weighted by molar-refractivity contribution is 8.00. The average Bonchev–Trinajstić information content (AvgIpc) is 3.42. The molecule has 0 bridgehead atoms. The molecule has 156 valence electrons. The summed E-state index contributed by atoms with van der Waals surface area (Å²) < 4.78 is 0. The van der Waals surface area contributed by atoms with E-state index in [1.54, 1.807) is 4.90 Å². The Bertz CT molecular complexity index is 768. The van der Waals surface area contributed by atoms with Crippen LogP contribution in [0.4, 0.5) is 0 Å². The van der Waals surface area contributed by atoms with Crippen LogP contribution in [0.3, 0.4) is 0 Å². The van der Waals surface area contributed by atoms with Gasteiger partial charge in [0, 0.05) is 18.8 Å². The molecule has 0 radical (unpaired) electrons. The van der Waals surface area contributed by atoms with Crippen LogP contribution >= 0.6 is 11.8 Å². The first-order valence-corrected chi connectivity index (χ1v) is 11.9. The van der Waals surface area contributed by atoms with Gasteiger partial charge in [0.2, 0.25) is 5.91 Å². The van der Waals surface area contributed by atoms with Crippen molar-refractivity contribution in [1.82, 2.24) is 10.2 Å². The van der Waals surface area contributed by atoms with Crippen LogP contribution in [-0.2, 0) is 27.2 Å². The van der Waals surface area contributed by atoms with E-state index in [9.17, 15) is 14.4 Å². The number of amides is 1. The molecular weight excluding hydrogens is 384 g/mol. The highest BCUT2D eigenvalue weighted by Crippen LogP contribution is 2.30. The number of rotatable bonds is 7. The second kappa shape index (κ2) is 9.43. The van der Waals surface area contributed by atoms with E-state index >= 15 is 0 Å². The van der Waals surface area contributed by atoms with E-state index in [4.69, 9.17) is 0 Å². The minimum Gasteiger partial charge on any atom is -0.333 e. The molecule has 29 heavy (non-hydrogen) atoms. The lowest BCUT2D eigenvalue weighted by Crippen LogP contribution is -2.47. The van der Waals surface area contributed by atoms with Gasteiger partial charge in [0.15, 0.2) is 5.78 Å². The maximum Gasteiger partial charge on any atom is 0.223 e. The molecule has 4 atom stereocenters. The van der Waals surface area contributed by atoms with E-state index in [0.717, 1.165) is 44.8 Å². The van der Waals surface area contributed by atoms with Gasteiger partial charge in [0.25, 0.3) is 0 Å². The van der Waals surface area contributed by atoms with Gasteiger partial charge in [-0.2, -0.15) is 0 Å². The average molecular weight is 415 g/mol. The molecule has 1 N–H and O–H groups in total. The fourth-order valence-electron chi connectivity index (χ4n) is 5.08. The number of fused-ring (bicyclic) bond motifs is 1. The largest absolute Gasteiger partial charge is 0.333 e. The second-order valence-electron chi connectivity index (χ2n) is 8.51. The SMILES string of the molecule is O=C[C@H]1NCSC1C(=O)[C@@H]1CCCN1C(=O)CCC[C@@H]1CCc2ccccc2C1. The van der Waals surface area contributed by atoms with E-state index in [0.29, 0.717) is 24.8 Å². The van der Waals surface area contributed by atoms with Crippen LogP contribution in [0.15, 0.2) is 24.3 Å². The zero-order valence-corrected chi connectivity index (χ0v) is 17.7. The number of benzene rings is 1. The number of carbonyl (C=O) groups is 3. The van der Waals surface area contributed by atoms with Gasteiger partial charge in [0.1, 0.15) is 6.29 Å². The summed E-state index contributed by atoms with van der Waals surface area (Å²) in [4.78, 5) is 38.8. The van der Waals surface area contributed by atoms with Crippen molar-refractivity contribution in [1.29, 1.82) is 0 Å². The van der Waals surface area contributed by atoms with Crippen LogP contribution in [0.5, 0.6) is 0 Å². The molecule has 1 amide bonds. The van der Waals surface area contributed by atoms with Crippen molar-refractivity contribution in [3.05, 3.63) is 35.4 Å². The van der Waals surface area contributed by atoms with Crippen molar-refractivity contribution in [2.24, 2.45) is 5.92 Å². The molecule has 1 aliphatic carbocycles. The monoisotopic (exact) mass is 414 g/mol. The van der Waals surface area contributed by atoms with E-state index in [-0.39, 0.29) is 23.0 Å². The number of hydrogen-bond donors (Lipinski definition) is 1. The van der Waals surface area contributed by atoms with Crippen LogP contribution in [0, 0.1) is 5.92 Å². The molecule has 6 heteroatoms. The Morgan fingerprint density at radius 1 is 1.21 bits per heavy atom. The topological polar surface area (TPSA) is 66.5 Å². The number of nitrogens with one attached hydrogen (secondary N) is 1. The maximum atomic E-state index is 13.0. The summed E-state index contributed by atoms with van der Waals surface area (Å²) in [6.45, 7) is 0.669. The molecule has 2 fully saturated rings. The first kappa shape index (κ1) is 20.6. The van der Waals surface area contributed by atoms with Crippen molar-refractivity contribution in [2.45, 2.75) is 68.7 Å². The Kier molecular flexibility index (Phi) is 6.70. The lowest BCUT2D eigenvalue weighted by molar-refractivity contribution is -0.137. The van der Waals surface area contributed by atoms with Gasteiger partial charge in [-0.25, -0.2) is 0 Å². The van der Waals surface area contributed by atoms with Crippen molar-refractivity contribution in [3.63, 3.8) is 0 Å². The van der Waals surface area contributed by atoms with Gasteiger partial charge in [-0.15, -0.1) is 11.8 Å². The predicted molar refractivity (Wildman–Crippen MR) is 115 cm³/mol. The first-order valence-electron chi connectivity index (χ1n) is 10.9. The van der Waals surface area contributed by atoms with Crippen LogP contribution in [0.2, 0.25) is 0 Å². The molecule has 4 rings (SSSR count). The minimum atomic E-state index is -0.417. The van der Waals surface area contributed by atoms with Gasteiger partial charge in [-0.3, -0.25) is 14.9 Å². The highest BCUT2D eigenvalue weighted by Gasteiger charge is 2.42. The molecule has 2 aliphatic heterocycles. The lowest BCUT2D eigenvalue weighted by atomic mass is 9.81. The third-order valence-corrected chi connectivity index (χ3v) is 7.91. The summed E-state index contributed by atoms with van der Waals surface area (Å²) >= 11 is 1.48. The number of aryl methyl sites for hydroxylation is 1. The van der Waals surface area contributed by atoms with Crippen molar-refractivity contribution >= 4 is 29.7 Å². The normalized spacial score (nSPS) is 28.9. The Labute approximate surface area is 177 Å². The van der Waals surface area contributed by atoms with Gasteiger partial charge in [-0.05, 0) is 62.0 Å². The summed E-state index contributed by atoms with van der Waals surface area (Å²) in [7, 11) is 0. The minimum absolute atomic E-state index is 0.0480. The first-order chi connectivity index (χ1) is 14.2. The highest BCUT2D eigenvalue weighted by atomic mass is 32.2. The van der Waals surface area contributed by atoms with Crippen molar-refractivity contribution in [2.75, 3.05) is 12.4 Å². The Morgan fingerprint density at radius 3 is 2.86 bits per heavy atom. The van der Waals surface area contributed by atoms with E-state index in [1.807, 2.05) is 0 Å². The second-order valence-corrected chi connectivity index (χ2v) is 9.64. The number of ketones is 1. The smallest absolute Gasteiger partial charge is 0.223 e. The summed E-state index contributed by atoms with van der Waals surface area (Å²) in [6, 6.07) is 7.93. The zero-order chi connectivity index (χ0) is 20.2. The molecule has 1 aromatic carbocycles. The summed E-state index contributed by atoms with van der Waals surface area (Å²) in [5.74, 6) is 1.43. The van der Waals surface area contributed by atoms with Gasteiger partial charge < -0.3 is 9.69 Å². The maximum absolute atomic E-state index is 13.0. The Morgan fingerprint density at radius 2 is 2.03 bits per heavy atom. The molecular formula is C23H30N2O3S. The van der Waals surface area contributed by atoms with Crippen molar-refractivity contribution in [3.8, 4) is 0 Å². The van der Waals surface area contributed by atoms with E-state index < -0.39 is 6.04 Å². The number of hydrogen-bond acceptors (Lipinski definition) is 5. The number of thioether (sulfide) groups is 1. The van der Waals surface area contributed by atoms with Crippen molar-refractivity contribution < 1.29 is 14.4 Å². The Balaban J connectivity index is 1.27. The van der Waals surface area contributed by atoms with Crippen LogP contribution in [0.25, 0.3) is 0 Å². The number of aldehydes is 1. The van der Waals surface area contributed by atoms with E-state index in [1.165, 1.54) is 29.3 Å². The van der Waals surface area contributed by atoms with Crippen LogP contribution < -0.4 is 5.32 Å². The number of nitrogens with zero attached hydrogens (tertiary/aromatic N) is 1. The quantitative estimate of drug-likeness (QED) is 0.695. The summed E-state index contributed by atoms with van der Waals surface area (Å²) in [6.07, 6.45) is 8.37. The fourth-order valence-corrected chi connectivity index (χ4v) is 6.24. The number of carbonyl (C=O) groups excluding carboxylic acids is 3. The van der Waals surface area contributed by atoms with Gasteiger partial charge in [-0.1, -0.05) is 24.3 Å². The molecule has 3 aliphatic rings. The van der Waals surface area contributed by atoms with E-state index in [2.05, 4.69) is 29.6 Å². The molecule has 2 heterocycles. The predicted octanol–water partition coefficient (Wildman–Crippen LogP) is 2.75. The molecule has 5 nitrogen and oxygen atoms in total. The fraction of sp³-hybridized carbons (Fsp3) is 0.609. The molecule has 0 saturated carbocycles. The summed E-state index contributed by atoms with van der Waals surface area (Å²) in [5.41, 5.74) is 2.94. The molecule has 1 aromatic rings. The number of likely N-dealkylation sites (tertiary alicyclic amines) is 1. The van der Waals surface area contributed by atoms with Gasteiger partial charge in [0.05, 0.1) is 17.3 Å².